The van der Waals surface area contributed by atoms with Crippen molar-refractivity contribution in [3.8, 4) is 0 Å². The highest BCUT2D eigenvalue weighted by Crippen LogP contribution is 2.70. The van der Waals surface area contributed by atoms with Gasteiger partial charge in [0, 0.05) is 0 Å². The van der Waals surface area contributed by atoms with Gasteiger partial charge in [0.2, 0.25) is 11.8 Å². The average molecular weight is 643 g/mol. The summed E-state index contributed by atoms with van der Waals surface area (Å²) in [7, 11) is 0. The molecule has 4 aromatic rings. The average Bonchev–Trinajstić information content (AvgIpc) is 3.26. The van der Waals surface area contributed by atoms with Gasteiger partial charge in [-0.3, -0.25) is 9.59 Å². The number of ether oxygens (including phenoxy) is 1. The molecule has 1 aliphatic heterocycles. The van der Waals surface area contributed by atoms with Crippen LogP contribution in [0.5, 0.6) is 0 Å². The summed E-state index contributed by atoms with van der Waals surface area (Å²) in [6.45, 7) is 0.129. The minimum Gasteiger partial charge on any atom is -0.457 e. The van der Waals surface area contributed by atoms with E-state index in [0.717, 1.165) is 27.8 Å². The predicted molar refractivity (Wildman–Crippen MR) is 154 cm³/mol. The molecule has 0 radical (unpaired) electrons. The SMILES string of the molecule is O=C(OCc1ccccc1)c1cccc(N2C(=O)[C@@H]3[C@@H](C2=O)C2(Br)c4ccccc4C3(Br)c3ccccc32)c1. The molecule has 0 aromatic heterocycles. The topological polar surface area (TPSA) is 63.7 Å². The summed E-state index contributed by atoms with van der Waals surface area (Å²) in [5, 5.41) is 0. The van der Waals surface area contributed by atoms with Crippen LogP contribution in [0.4, 0.5) is 5.69 Å². The fraction of sp³-hybridized carbons (Fsp3) is 0.156. The van der Waals surface area contributed by atoms with Crippen molar-refractivity contribution in [1.29, 1.82) is 0 Å². The normalized spacial score (nSPS) is 26.2. The van der Waals surface area contributed by atoms with Crippen molar-refractivity contribution in [3.05, 3.63) is 137 Å². The molecule has 0 spiro atoms. The number of hydrogen-bond donors (Lipinski definition) is 0. The van der Waals surface area contributed by atoms with Crippen molar-refractivity contribution in [1.82, 2.24) is 0 Å². The number of esters is 1. The van der Waals surface area contributed by atoms with Crippen LogP contribution >= 0.6 is 31.9 Å². The van der Waals surface area contributed by atoms with Gasteiger partial charge in [0.05, 0.1) is 31.7 Å². The standard InChI is InChI=1S/C32H21Br2NO4/c33-31-22-13-4-5-14-23(22)32(34,25-16-7-6-15-24(25)31)27-26(31)28(36)35(29(27)37)21-12-8-11-20(17-21)30(38)39-18-19-9-2-1-3-10-19/h1-17,26-27H,18H2/t26-,27-,31?,32?/m0/s1. The number of anilines is 1. The largest absolute Gasteiger partial charge is 0.457 e. The maximum absolute atomic E-state index is 14.2. The number of nitrogens with zero attached hydrogens (tertiary/aromatic N) is 1. The molecule has 1 fully saturated rings. The Morgan fingerprint density at radius 2 is 1.18 bits per heavy atom. The zero-order chi connectivity index (χ0) is 26.9. The van der Waals surface area contributed by atoms with Crippen molar-refractivity contribution in [2.45, 2.75) is 15.3 Å². The highest BCUT2D eigenvalue weighted by atomic mass is 79.9. The van der Waals surface area contributed by atoms with Gasteiger partial charge in [0.15, 0.2) is 0 Å². The Morgan fingerprint density at radius 3 is 1.69 bits per heavy atom. The maximum Gasteiger partial charge on any atom is 0.338 e. The van der Waals surface area contributed by atoms with Gasteiger partial charge in [0.25, 0.3) is 0 Å². The first-order valence-electron chi connectivity index (χ1n) is 12.6. The molecule has 1 saturated heterocycles. The van der Waals surface area contributed by atoms with E-state index in [9.17, 15) is 14.4 Å². The Bertz CT molecular complexity index is 1560. The molecule has 4 aromatic carbocycles. The Kier molecular flexibility index (Phi) is 5.48. The molecule has 192 valence electrons. The predicted octanol–water partition coefficient (Wildman–Crippen LogP) is 6.45. The third-order valence-electron chi connectivity index (χ3n) is 8.14. The third kappa shape index (κ3) is 3.26. The summed E-state index contributed by atoms with van der Waals surface area (Å²) < 4.78 is 3.76. The quantitative estimate of drug-likeness (QED) is 0.146. The smallest absolute Gasteiger partial charge is 0.338 e. The molecule has 3 aliphatic carbocycles. The van der Waals surface area contributed by atoms with Crippen molar-refractivity contribution in [3.63, 3.8) is 0 Å². The van der Waals surface area contributed by atoms with Gasteiger partial charge in [-0.15, -0.1) is 0 Å². The Balaban J connectivity index is 1.29. The summed E-state index contributed by atoms with van der Waals surface area (Å²) in [6.07, 6.45) is 0. The van der Waals surface area contributed by atoms with Crippen LogP contribution in [0, 0.1) is 11.8 Å². The molecule has 1 heterocycles. The van der Waals surface area contributed by atoms with E-state index < -0.39 is 26.5 Å². The van der Waals surface area contributed by atoms with Crippen LogP contribution in [0.3, 0.4) is 0 Å². The zero-order valence-electron chi connectivity index (χ0n) is 20.5. The van der Waals surface area contributed by atoms with Gasteiger partial charge in [0.1, 0.15) is 6.61 Å². The first-order chi connectivity index (χ1) is 18.9. The molecular weight excluding hydrogens is 622 g/mol. The second-order valence-corrected chi connectivity index (χ2v) is 12.6. The van der Waals surface area contributed by atoms with E-state index in [4.69, 9.17) is 4.74 Å². The van der Waals surface area contributed by atoms with Crippen LogP contribution in [0.1, 0.15) is 38.2 Å². The number of halogens is 2. The molecule has 5 nitrogen and oxygen atoms in total. The molecule has 7 heteroatoms. The molecule has 0 N–H and O–H groups in total. The number of benzene rings is 4. The van der Waals surface area contributed by atoms with E-state index in [1.54, 1.807) is 24.3 Å². The number of alkyl halides is 2. The summed E-state index contributed by atoms with van der Waals surface area (Å²) in [5.74, 6) is -2.48. The summed E-state index contributed by atoms with van der Waals surface area (Å²) >= 11 is 8.03. The van der Waals surface area contributed by atoms with Crippen molar-refractivity contribution >= 4 is 55.3 Å². The lowest BCUT2D eigenvalue weighted by atomic mass is 9.54. The highest BCUT2D eigenvalue weighted by Gasteiger charge is 2.72. The molecule has 0 unspecified atom stereocenters. The Labute approximate surface area is 242 Å². The summed E-state index contributed by atoms with van der Waals surface area (Å²) in [6, 6.07) is 31.9. The van der Waals surface area contributed by atoms with Gasteiger partial charge in [-0.05, 0) is 46.0 Å². The number of carbonyl (C=O) groups excluding carboxylic acids is 3. The lowest BCUT2D eigenvalue weighted by molar-refractivity contribution is -0.122. The molecule has 2 bridgehead atoms. The van der Waals surface area contributed by atoms with E-state index in [1.807, 2.05) is 78.9 Å². The number of rotatable bonds is 4. The molecule has 2 amide bonds. The lowest BCUT2D eigenvalue weighted by Crippen LogP contribution is -2.56. The molecule has 0 saturated carbocycles. The van der Waals surface area contributed by atoms with E-state index in [-0.39, 0.29) is 24.0 Å². The van der Waals surface area contributed by atoms with E-state index in [0.29, 0.717) is 5.69 Å². The van der Waals surface area contributed by atoms with Crippen molar-refractivity contribution in [2.24, 2.45) is 11.8 Å². The Morgan fingerprint density at radius 1 is 0.692 bits per heavy atom. The molecule has 4 aliphatic rings. The number of amides is 2. The van der Waals surface area contributed by atoms with Crippen LogP contribution in [0.2, 0.25) is 0 Å². The van der Waals surface area contributed by atoms with Gasteiger partial charge >= 0.3 is 5.97 Å². The van der Waals surface area contributed by atoms with E-state index in [1.165, 1.54) is 4.90 Å². The first-order valence-corrected chi connectivity index (χ1v) is 14.2. The zero-order valence-corrected chi connectivity index (χ0v) is 23.7. The highest BCUT2D eigenvalue weighted by molar-refractivity contribution is 9.10. The van der Waals surface area contributed by atoms with Crippen molar-refractivity contribution < 1.29 is 19.1 Å². The molecule has 39 heavy (non-hydrogen) atoms. The Hall–Kier alpha value is -3.55. The number of hydrogen-bond acceptors (Lipinski definition) is 4. The third-order valence-corrected chi connectivity index (χ3v) is 10.8. The van der Waals surface area contributed by atoms with Crippen LogP contribution in [0.25, 0.3) is 0 Å². The van der Waals surface area contributed by atoms with Crippen LogP contribution in [0.15, 0.2) is 103 Å². The minimum absolute atomic E-state index is 0.129. The second kappa shape index (κ2) is 8.73. The number of imide groups is 1. The molecule has 8 rings (SSSR count). The molecular formula is C32H21Br2NO4. The van der Waals surface area contributed by atoms with Gasteiger partial charge in [-0.25, -0.2) is 9.69 Å². The lowest BCUT2D eigenvalue weighted by Gasteiger charge is -2.55. The van der Waals surface area contributed by atoms with Crippen LogP contribution < -0.4 is 4.90 Å². The summed E-state index contributed by atoms with van der Waals surface area (Å²) in [5.41, 5.74) is 5.40. The van der Waals surface area contributed by atoms with Crippen LogP contribution in [-0.4, -0.2) is 17.8 Å². The fourth-order valence-electron chi connectivity index (χ4n) is 6.50. The summed E-state index contributed by atoms with van der Waals surface area (Å²) in [4.78, 5) is 42.6. The van der Waals surface area contributed by atoms with Gasteiger partial charge in [-0.2, -0.15) is 0 Å². The monoisotopic (exact) mass is 641 g/mol. The maximum atomic E-state index is 14.2. The fourth-order valence-corrected chi connectivity index (χ4v) is 8.80. The first kappa shape index (κ1) is 24.5. The van der Waals surface area contributed by atoms with E-state index >= 15 is 0 Å². The van der Waals surface area contributed by atoms with Gasteiger partial charge < -0.3 is 4.74 Å². The van der Waals surface area contributed by atoms with Gasteiger partial charge in [-0.1, -0.05) is 117 Å². The van der Waals surface area contributed by atoms with Crippen LogP contribution in [-0.2, 0) is 29.6 Å². The molecule has 2 atom stereocenters. The minimum atomic E-state index is -0.867. The second-order valence-electron chi connectivity index (χ2n) is 10.1. The van der Waals surface area contributed by atoms with Crippen molar-refractivity contribution in [2.75, 3.05) is 4.90 Å². The van der Waals surface area contributed by atoms with E-state index in [2.05, 4.69) is 31.9 Å². The number of carbonyl (C=O) groups is 3.